The lowest BCUT2D eigenvalue weighted by Crippen LogP contribution is -2.11. The molecule has 7 heteroatoms. The molecular weight excluding hydrogens is 288 g/mol. The smallest absolute Gasteiger partial charge is 0.239 e. The minimum Gasteiger partial charge on any atom is -0.239 e. The molecule has 0 unspecified atom stereocenters. The standard InChI is InChI=1S/C11H7Cl2F3N2/c12-4-7-1-2-10(9(3-7)11(14,15)16)18-6-8(13)5-17-18/h1-3,5-6H,4H2. The SMILES string of the molecule is FC(F)(F)c1cc(CCl)ccc1-n1cc(Cl)cn1. The van der Waals surface area contributed by atoms with Crippen LogP contribution in [-0.2, 0) is 12.1 Å². The molecule has 1 aromatic heterocycles. The summed E-state index contributed by atoms with van der Waals surface area (Å²) < 4.78 is 39.9. The highest BCUT2D eigenvalue weighted by Gasteiger charge is 2.34. The first-order valence-corrected chi connectivity index (χ1v) is 5.79. The van der Waals surface area contributed by atoms with Crippen molar-refractivity contribution >= 4 is 23.2 Å². The number of halogens is 5. The van der Waals surface area contributed by atoms with Gasteiger partial charge < -0.3 is 0 Å². The van der Waals surface area contributed by atoms with Gasteiger partial charge in [-0.1, -0.05) is 17.7 Å². The molecule has 1 heterocycles. The summed E-state index contributed by atoms with van der Waals surface area (Å²) in [7, 11) is 0. The van der Waals surface area contributed by atoms with Crippen molar-refractivity contribution in [2.45, 2.75) is 12.1 Å². The molecular formula is C11H7Cl2F3N2. The average Bonchev–Trinajstić information content (AvgIpc) is 2.74. The van der Waals surface area contributed by atoms with Crippen LogP contribution in [0.15, 0.2) is 30.6 Å². The van der Waals surface area contributed by atoms with E-state index in [4.69, 9.17) is 23.2 Å². The summed E-state index contributed by atoms with van der Waals surface area (Å²) >= 11 is 11.2. The molecule has 2 nitrogen and oxygen atoms in total. The molecule has 0 amide bonds. The van der Waals surface area contributed by atoms with E-state index in [0.717, 1.165) is 10.7 Å². The molecule has 96 valence electrons. The first kappa shape index (κ1) is 13.2. The van der Waals surface area contributed by atoms with Crippen LogP contribution in [0.3, 0.4) is 0 Å². The van der Waals surface area contributed by atoms with E-state index in [-0.39, 0.29) is 16.6 Å². The fourth-order valence-corrected chi connectivity index (χ4v) is 1.83. The van der Waals surface area contributed by atoms with Crippen molar-refractivity contribution in [1.29, 1.82) is 0 Å². The monoisotopic (exact) mass is 294 g/mol. The molecule has 0 fully saturated rings. The van der Waals surface area contributed by atoms with Crippen LogP contribution in [0.4, 0.5) is 13.2 Å². The normalized spacial score (nSPS) is 11.8. The van der Waals surface area contributed by atoms with Crippen molar-refractivity contribution in [3.8, 4) is 5.69 Å². The molecule has 0 aliphatic rings. The lowest BCUT2D eigenvalue weighted by Gasteiger charge is -2.13. The first-order chi connectivity index (χ1) is 8.41. The van der Waals surface area contributed by atoms with Crippen molar-refractivity contribution in [1.82, 2.24) is 9.78 Å². The highest BCUT2D eigenvalue weighted by molar-refractivity contribution is 6.30. The molecule has 0 bridgehead atoms. The van der Waals surface area contributed by atoms with Gasteiger partial charge in [-0.2, -0.15) is 18.3 Å². The highest BCUT2D eigenvalue weighted by atomic mass is 35.5. The summed E-state index contributed by atoms with van der Waals surface area (Å²) in [5, 5.41) is 4.04. The Balaban J connectivity index is 2.60. The Morgan fingerprint density at radius 3 is 2.50 bits per heavy atom. The summed E-state index contributed by atoms with van der Waals surface area (Å²) in [6.07, 6.45) is -1.89. The Labute approximate surface area is 111 Å². The lowest BCUT2D eigenvalue weighted by molar-refractivity contribution is -0.137. The molecule has 0 aliphatic heterocycles. The van der Waals surface area contributed by atoms with Gasteiger partial charge in [0.25, 0.3) is 0 Å². The van der Waals surface area contributed by atoms with Gasteiger partial charge in [0.05, 0.1) is 22.5 Å². The maximum atomic E-state index is 12.9. The number of hydrogen-bond donors (Lipinski definition) is 0. The van der Waals surface area contributed by atoms with Crippen LogP contribution < -0.4 is 0 Å². The molecule has 0 radical (unpaired) electrons. The van der Waals surface area contributed by atoms with E-state index in [1.54, 1.807) is 0 Å². The fraction of sp³-hybridized carbons (Fsp3) is 0.182. The van der Waals surface area contributed by atoms with E-state index >= 15 is 0 Å². The molecule has 0 saturated heterocycles. The van der Waals surface area contributed by atoms with Crippen LogP contribution in [-0.4, -0.2) is 9.78 Å². The number of aromatic nitrogens is 2. The largest absolute Gasteiger partial charge is 0.418 e. The van der Waals surface area contributed by atoms with Gasteiger partial charge in [-0.25, -0.2) is 4.68 Å². The number of alkyl halides is 4. The molecule has 0 spiro atoms. The third kappa shape index (κ3) is 2.62. The summed E-state index contributed by atoms with van der Waals surface area (Å²) in [6, 6.07) is 3.86. The number of rotatable bonds is 2. The van der Waals surface area contributed by atoms with Crippen LogP contribution in [0.2, 0.25) is 5.02 Å². The van der Waals surface area contributed by atoms with Crippen molar-refractivity contribution in [2.75, 3.05) is 0 Å². The second-order valence-electron chi connectivity index (χ2n) is 3.59. The quantitative estimate of drug-likeness (QED) is 0.756. The van der Waals surface area contributed by atoms with Gasteiger partial charge in [0, 0.05) is 12.1 Å². The van der Waals surface area contributed by atoms with Gasteiger partial charge in [-0.05, 0) is 17.7 Å². The van der Waals surface area contributed by atoms with Gasteiger partial charge in [-0.15, -0.1) is 11.6 Å². The Morgan fingerprint density at radius 2 is 2.00 bits per heavy atom. The summed E-state index contributed by atoms with van der Waals surface area (Å²) in [6.45, 7) is 0. The molecule has 18 heavy (non-hydrogen) atoms. The fourth-order valence-electron chi connectivity index (χ4n) is 1.53. The van der Waals surface area contributed by atoms with E-state index in [0.29, 0.717) is 5.56 Å². The summed E-state index contributed by atoms with van der Waals surface area (Å²) in [5.41, 5.74) is -0.477. The lowest BCUT2D eigenvalue weighted by atomic mass is 10.1. The summed E-state index contributed by atoms with van der Waals surface area (Å²) in [5.74, 6) is 0.0171. The molecule has 0 saturated carbocycles. The maximum Gasteiger partial charge on any atom is 0.418 e. The van der Waals surface area contributed by atoms with Crippen LogP contribution >= 0.6 is 23.2 Å². The Hall–Kier alpha value is -1.20. The van der Waals surface area contributed by atoms with Crippen molar-refractivity contribution < 1.29 is 13.2 Å². The highest BCUT2D eigenvalue weighted by Crippen LogP contribution is 2.34. The molecule has 0 aliphatic carbocycles. The van der Waals surface area contributed by atoms with Crippen LogP contribution in [0, 0.1) is 0 Å². The van der Waals surface area contributed by atoms with Gasteiger partial charge in [0.15, 0.2) is 0 Å². The molecule has 0 atom stereocenters. The van der Waals surface area contributed by atoms with Crippen LogP contribution in [0.5, 0.6) is 0 Å². The van der Waals surface area contributed by atoms with E-state index < -0.39 is 11.7 Å². The van der Waals surface area contributed by atoms with Crippen molar-refractivity contribution in [2.24, 2.45) is 0 Å². The third-order valence-electron chi connectivity index (χ3n) is 2.32. The zero-order chi connectivity index (χ0) is 13.3. The van der Waals surface area contributed by atoms with Crippen LogP contribution in [0.25, 0.3) is 5.69 Å². The summed E-state index contributed by atoms with van der Waals surface area (Å²) in [4.78, 5) is 0. The predicted octanol–water partition coefficient (Wildman–Crippen LogP) is 4.28. The van der Waals surface area contributed by atoms with Gasteiger partial charge in [0.2, 0.25) is 0 Å². The van der Waals surface area contributed by atoms with E-state index in [1.165, 1.54) is 24.5 Å². The second-order valence-corrected chi connectivity index (χ2v) is 4.29. The third-order valence-corrected chi connectivity index (χ3v) is 2.82. The number of nitrogens with zero attached hydrogens (tertiary/aromatic N) is 2. The van der Waals surface area contributed by atoms with Gasteiger partial charge >= 0.3 is 6.18 Å². The zero-order valence-corrected chi connectivity index (χ0v) is 10.4. The average molecular weight is 295 g/mol. The molecule has 2 aromatic rings. The Bertz CT molecular complexity index is 564. The minimum atomic E-state index is -4.48. The van der Waals surface area contributed by atoms with E-state index in [2.05, 4.69) is 5.10 Å². The number of benzene rings is 1. The van der Waals surface area contributed by atoms with Gasteiger partial charge in [0.1, 0.15) is 0 Å². The Morgan fingerprint density at radius 1 is 1.28 bits per heavy atom. The molecule has 1 aromatic carbocycles. The first-order valence-electron chi connectivity index (χ1n) is 4.88. The van der Waals surface area contributed by atoms with Crippen molar-refractivity contribution in [3.05, 3.63) is 46.7 Å². The van der Waals surface area contributed by atoms with Crippen LogP contribution in [0.1, 0.15) is 11.1 Å². The van der Waals surface area contributed by atoms with E-state index in [1.807, 2.05) is 0 Å². The Kier molecular flexibility index (Phi) is 3.54. The predicted molar refractivity (Wildman–Crippen MR) is 63.1 cm³/mol. The van der Waals surface area contributed by atoms with Gasteiger partial charge in [-0.3, -0.25) is 0 Å². The van der Waals surface area contributed by atoms with Crippen molar-refractivity contribution in [3.63, 3.8) is 0 Å². The number of hydrogen-bond acceptors (Lipinski definition) is 1. The maximum absolute atomic E-state index is 12.9. The molecule has 0 N–H and O–H groups in total. The zero-order valence-electron chi connectivity index (χ0n) is 8.88. The molecule has 2 rings (SSSR count). The second kappa shape index (κ2) is 4.82. The minimum absolute atomic E-state index is 0.0171. The van der Waals surface area contributed by atoms with E-state index in [9.17, 15) is 13.2 Å². The topological polar surface area (TPSA) is 17.8 Å².